The van der Waals surface area contributed by atoms with Gasteiger partial charge in [0, 0.05) is 17.8 Å². The van der Waals surface area contributed by atoms with E-state index >= 15 is 0 Å². The maximum atomic E-state index is 12.7. The number of halogens is 1. The van der Waals surface area contributed by atoms with Crippen molar-refractivity contribution in [2.45, 2.75) is 13.8 Å². The van der Waals surface area contributed by atoms with Gasteiger partial charge in [-0.15, -0.1) is 0 Å². The van der Waals surface area contributed by atoms with E-state index < -0.39 is 16.7 Å². The molecule has 0 bridgehead atoms. The van der Waals surface area contributed by atoms with Crippen molar-refractivity contribution in [3.63, 3.8) is 0 Å². The fraction of sp³-hybridized carbons (Fsp3) is 0.111. The number of nitro benzene ring substituents is 1. The molecule has 2 aromatic rings. The number of carbonyl (C=O) groups is 2. The lowest BCUT2D eigenvalue weighted by Gasteiger charge is -2.15. The first-order valence-electron chi connectivity index (χ1n) is 7.67. The average molecular weight is 372 g/mol. The van der Waals surface area contributed by atoms with Crippen LogP contribution in [-0.2, 0) is 9.59 Å². The average Bonchev–Trinajstić information content (AvgIpc) is 2.80. The summed E-state index contributed by atoms with van der Waals surface area (Å²) >= 11 is 6.08. The SMILES string of the molecule is Cc1ccc(NC2=C(Cl)C(=O)N(c3cccc([N+](=O)[O-])c3)C2=O)c(C)c1. The molecule has 0 fully saturated rings. The Morgan fingerprint density at radius 3 is 2.46 bits per heavy atom. The lowest BCUT2D eigenvalue weighted by molar-refractivity contribution is -0.384. The first-order chi connectivity index (χ1) is 12.3. The van der Waals surface area contributed by atoms with Crippen LogP contribution in [0.15, 0.2) is 53.2 Å². The van der Waals surface area contributed by atoms with E-state index in [1.165, 1.54) is 18.2 Å². The molecule has 26 heavy (non-hydrogen) atoms. The molecule has 0 aliphatic carbocycles. The minimum Gasteiger partial charge on any atom is -0.349 e. The second kappa shape index (κ2) is 6.61. The predicted molar refractivity (Wildman–Crippen MR) is 98.0 cm³/mol. The summed E-state index contributed by atoms with van der Waals surface area (Å²) in [7, 11) is 0. The van der Waals surface area contributed by atoms with Crippen molar-refractivity contribution in [1.29, 1.82) is 0 Å². The van der Waals surface area contributed by atoms with Crippen LogP contribution in [-0.4, -0.2) is 16.7 Å². The number of nitro groups is 1. The quantitative estimate of drug-likeness (QED) is 0.503. The van der Waals surface area contributed by atoms with Gasteiger partial charge in [0.15, 0.2) is 0 Å². The van der Waals surface area contributed by atoms with Crippen LogP contribution in [0.3, 0.4) is 0 Å². The summed E-state index contributed by atoms with van der Waals surface area (Å²) in [5, 5.41) is 13.6. The minimum absolute atomic E-state index is 0.0601. The van der Waals surface area contributed by atoms with Crippen molar-refractivity contribution in [3.05, 3.63) is 74.4 Å². The molecular formula is C18H14ClN3O4. The van der Waals surface area contributed by atoms with Crippen LogP contribution in [0.2, 0.25) is 0 Å². The third-order valence-corrected chi connectivity index (χ3v) is 4.32. The van der Waals surface area contributed by atoms with Crippen LogP contribution in [0.4, 0.5) is 17.1 Å². The monoisotopic (exact) mass is 371 g/mol. The number of aryl methyl sites for hydroxylation is 2. The molecule has 2 amide bonds. The van der Waals surface area contributed by atoms with E-state index in [1.807, 2.05) is 26.0 Å². The molecule has 0 saturated carbocycles. The Balaban J connectivity index is 1.95. The highest BCUT2D eigenvalue weighted by molar-refractivity contribution is 6.53. The number of carbonyl (C=O) groups excluding carboxylic acids is 2. The summed E-state index contributed by atoms with van der Waals surface area (Å²) < 4.78 is 0. The van der Waals surface area contributed by atoms with Crippen molar-refractivity contribution in [1.82, 2.24) is 0 Å². The topological polar surface area (TPSA) is 92.6 Å². The number of imide groups is 1. The summed E-state index contributed by atoms with van der Waals surface area (Å²) in [4.78, 5) is 36.3. The summed E-state index contributed by atoms with van der Waals surface area (Å²) in [6.45, 7) is 3.81. The van der Waals surface area contributed by atoms with Gasteiger partial charge in [-0.2, -0.15) is 0 Å². The van der Waals surface area contributed by atoms with Crippen molar-refractivity contribution >= 4 is 40.5 Å². The predicted octanol–water partition coefficient (Wildman–Crippen LogP) is 3.65. The van der Waals surface area contributed by atoms with Crippen LogP contribution in [0.25, 0.3) is 0 Å². The fourth-order valence-corrected chi connectivity index (χ4v) is 2.89. The van der Waals surface area contributed by atoms with Crippen LogP contribution >= 0.6 is 11.6 Å². The van der Waals surface area contributed by atoms with Crippen molar-refractivity contribution in [3.8, 4) is 0 Å². The van der Waals surface area contributed by atoms with Crippen LogP contribution < -0.4 is 10.2 Å². The minimum atomic E-state index is -0.732. The number of rotatable bonds is 4. The molecular weight excluding hydrogens is 358 g/mol. The summed E-state index contributed by atoms with van der Waals surface area (Å²) in [6.07, 6.45) is 0. The lowest BCUT2D eigenvalue weighted by Crippen LogP contribution is -2.32. The van der Waals surface area contributed by atoms with Gasteiger partial charge in [0.05, 0.1) is 10.6 Å². The smallest absolute Gasteiger partial charge is 0.283 e. The Morgan fingerprint density at radius 1 is 1.08 bits per heavy atom. The molecule has 7 nitrogen and oxygen atoms in total. The van der Waals surface area contributed by atoms with E-state index in [1.54, 1.807) is 6.07 Å². The van der Waals surface area contributed by atoms with Gasteiger partial charge < -0.3 is 5.32 Å². The maximum absolute atomic E-state index is 12.7. The third kappa shape index (κ3) is 3.04. The zero-order chi connectivity index (χ0) is 19.0. The Bertz CT molecular complexity index is 984. The first kappa shape index (κ1) is 17.6. The second-order valence-electron chi connectivity index (χ2n) is 5.86. The van der Waals surface area contributed by atoms with Crippen LogP contribution in [0.5, 0.6) is 0 Å². The van der Waals surface area contributed by atoms with Crippen LogP contribution in [0.1, 0.15) is 11.1 Å². The number of nitrogens with zero attached hydrogens (tertiary/aromatic N) is 2. The molecule has 0 unspecified atom stereocenters. The van der Waals surface area contributed by atoms with Gasteiger partial charge in [0.2, 0.25) is 0 Å². The molecule has 1 N–H and O–H groups in total. The van der Waals surface area contributed by atoms with E-state index in [9.17, 15) is 19.7 Å². The van der Waals surface area contributed by atoms with E-state index in [-0.39, 0.29) is 22.1 Å². The van der Waals surface area contributed by atoms with E-state index in [2.05, 4.69) is 5.32 Å². The van der Waals surface area contributed by atoms with Gasteiger partial charge in [-0.25, -0.2) is 4.90 Å². The van der Waals surface area contributed by atoms with Gasteiger partial charge >= 0.3 is 0 Å². The Kier molecular flexibility index (Phi) is 4.48. The molecule has 1 aliphatic heterocycles. The number of amides is 2. The van der Waals surface area contributed by atoms with Crippen molar-refractivity contribution in [2.75, 3.05) is 10.2 Å². The number of non-ortho nitro benzene ring substituents is 1. The number of hydrogen-bond donors (Lipinski definition) is 1. The highest BCUT2D eigenvalue weighted by Gasteiger charge is 2.39. The van der Waals surface area contributed by atoms with E-state index in [0.717, 1.165) is 22.1 Å². The van der Waals surface area contributed by atoms with Gasteiger partial charge in [0.1, 0.15) is 10.7 Å². The summed E-state index contributed by atoms with van der Waals surface area (Å²) in [5.41, 5.74) is 2.39. The summed E-state index contributed by atoms with van der Waals surface area (Å²) in [5.74, 6) is -1.40. The molecule has 8 heteroatoms. The fourth-order valence-electron chi connectivity index (χ4n) is 2.68. The standard InChI is InChI=1S/C18H14ClN3O4/c1-10-6-7-14(11(2)8-10)20-16-15(19)17(23)21(18(16)24)12-4-3-5-13(9-12)22(25)26/h3-9,20H,1-2H3. The molecule has 1 heterocycles. The normalized spacial score (nSPS) is 14.2. The van der Waals surface area contributed by atoms with E-state index in [0.29, 0.717) is 5.69 Å². The molecule has 0 atom stereocenters. The van der Waals surface area contributed by atoms with Crippen molar-refractivity contribution < 1.29 is 14.5 Å². The van der Waals surface area contributed by atoms with Gasteiger partial charge in [0.25, 0.3) is 17.5 Å². The molecule has 0 saturated heterocycles. The Labute approximate surface area is 154 Å². The first-order valence-corrected chi connectivity index (χ1v) is 8.04. The Hall–Kier alpha value is -3.19. The van der Waals surface area contributed by atoms with E-state index in [4.69, 9.17) is 11.6 Å². The maximum Gasteiger partial charge on any atom is 0.283 e. The van der Waals surface area contributed by atoms with Crippen LogP contribution in [0, 0.1) is 24.0 Å². The number of hydrogen-bond acceptors (Lipinski definition) is 5. The number of anilines is 2. The largest absolute Gasteiger partial charge is 0.349 e. The lowest BCUT2D eigenvalue weighted by atomic mass is 10.1. The molecule has 0 aromatic heterocycles. The highest BCUT2D eigenvalue weighted by Crippen LogP contribution is 2.32. The summed E-state index contributed by atoms with van der Waals surface area (Å²) in [6, 6.07) is 10.8. The molecule has 1 aliphatic rings. The van der Waals surface area contributed by atoms with Gasteiger partial charge in [-0.3, -0.25) is 19.7 Å². The second-order valence-corrected chi connectivity index (χ2v) is 6.23. The van der Waals surface area contributed by atoms with Crippen molar-refractivity contribution in [2.24, 2.45) is 0 Å². The van der Waals surface area contributed by atoms with Gasteiger partial charge in [-0.1, -0.05) is 35.4 Å². The molecule has 2 aromatic carbocycles. The molecule has 132 valence electrons. The Morgan fingerprint density at radius 2 is 1.81 bits per heavy atom. The zero-order valence-electron chi connectivity index (χ0n) is 13.9. The molecule has 3 rings (SSSR count). The molecule has 0 spiro atoms. The zero-order valence-corrected chi connectivity index (χ0v) is 14.7. The highest BCUT2D eigenvalue weighted by atomic mass is 35.5. The third-order valence-electron chi connectivity index (χ3n) is 3.97. The molecule has 0 radical (unpaired) electrons. The number of benzene rings is 2. The number of nitrogens with one attached hydrogen (secondary N) is 1. The van der Waals surface area contributed by atoms with Gasteiger partial charge in [-0.05, 0) is 31.5 Å².